The quantitative estimate of drug-likeness (QED) is 0.482. The lowest BCUT2D eigenvalue weighted by Gasteiger charge is -2.37. The van der Waals surface area contributed by atoms with Gasteiger partial charge >= 0.3 is 0 Å². The number of benzene rings is 1. The van der Waals surface area contributed by atoms with Gasteiger partial charge in [-0.15, -0.1) is 0 Å². The maximum Gasteiger partial charge on any atom is 0.255 e. The SMILES string of the molecule is CCOC1CCCN(C(C(=O)NN)c2ccccc2)C1. The van der Waals surface area contributed by atoms with Gasteiger partial charge in [0, 0.05) is 13.2 Å². The molecule has 20 heavy (non-hydrogen) atoms. The molecule has 1 aromatic rings. The van der Waals surface area contributed by atoms with E-state index < -0.39 is 0 Å². The molecule has 0 radical (unpaired) electrons. The number of ether oxygens (including phenoxy) is 1. The molecular weight excluding hydrogens is 254 g/mol. The maximum absolute atomic E-state index is 12.2. The molecule has 1 fully saturated rings. The number of amides is 1. The van der Waals surface area contributed by atoms with Gasteiger partial charge in [-0.3, -0.25) is 15.1 Å². The van der Waals surface area contributed by atoms with Crippen molar-refractivity contribution < 1.29 is 9.53 Å². The second kappa shape index (κ2) is 7.38. The number of hydrogen-bond acceptors (Lipinski definition) is 4. The van der Waals surface area contributed by atoms with Crippen LogP contribution in [-0.2, 0) is 9.53 Å². The van der Waals surface area contributed by atoms with E-state index in [-0.39, 0.29) is 18.1 Å². The van der Waals surface area contributed by atoms with Crippen LogP contribution in [-0.4, -0.2) is 36.6 Å². The molecule has 1 heterocycles. The van der Waals surface area contributed by atoms with E-state index in [1.807, 2.05) is 37.3 Å². The second-order valence-corrected chi connectivity index (χ2v) is 5.04. The van der Waals surface area contributed by atoms with Crippen LogP contribution in [0.5, 0.6) is 0 Å². The summed E-state index contributed by atoms with van der Waals surface area (Å²) in [6, 6.07) is 9.41. The topological polar surface area (TPSA) is 67.6 Å². The van der Waals surface area contributed by atoms with Gasteiger partial charge in [-0.1, -0.05) is 30.3 Å². The number of likely N-dealkylation sites (tertiary alicyclic amines) is 1. The normalized spacial score (nSPS) is 21.4. The van der Waals surface area contributed by atoms with Crippen LogP contribution in [0.3, 0.4) is 0 Å². The van der Waals surface area contributed by atoms with E-state index in [9.17, 15) is 4.79 Å². The number of carbonyl (C=O) groups excluding carboxylic acids is 1. The number of hydrogen-bond donors (Lipinski definition) is 2. The Morgan fingerprint density at radius 1 is 1.50 bits per heavy atom. The maximum atomic E-state index is 12.2. The van der Waals surface area contributed by atoms with Crippen molar-refractivity contribution in [2.24, 2.45) is 5.84 Å². The Morgan fingerprint density at radius 3 is 2.90 bits per heavy atom. The van der Waals surface area contributed by atoms with Crippen LogP contribution in [0.1, 0.15) is 31.4 Å². The van der Waals surface area contributed by atoms with Crippen molar-refractivity contribution in [3.8, 4) is 0 Å². The molecule has 2 atom stereocenters. The molecule has 1 amide bonds. The van der Waals surface area contributed by atoms with Crippen molar-refractivity contribution >= 4 is 5.91 Å². The fourth-order valence-corrected chi connectivity index (χ4v) is 2.81. The van der Waals surface area contributed by atoms with Crippen LogP contribution < -0.4 is 11.3 Å². The summed E-state index contributed by atoms with van der Waals surface area (Å²) in [5.41, 5.74) is 3.25. The van der Waals surface area contributed by atoms with Gasteiger partial charge in [-0.25, -0.2) is 5.84 Å². The largest absolute Gasteiger partial charge is 0.377 e. The number of nitrogens with one attached hydrogen (secondary N) is 1. The molecule has 0 saturated carbocycles. The molecule has 2 rings (SSSR count). The number of hydrazine groups is 1. The van der Waals surface area contributed by atoms with E-state index in [0.29, 0.717) is 6.61 Å². The highest BCUT2D eigenvalue weighted by atomic mass is 16.5. The van der Waals surface area contributed by atoms with Gasteiger partial charge < -0.3 is 4.74 Å². The van der Waals surface area contributed by atoms with E-state index in [0.717, 1.165) is 31.5 Å². The first-order valence-electron chi connectivity index (χ1n) is 7.17. The van der Waals surface area contributed by atoms with Gasteiger partial charge in [-0.2, -0.15) is 0 Å². The van der Waals surface area contributed by atoms with Gasteiger partial charge in [-0.05, 0) is 31.9 Å². The summed E-state index contributed by atoms with van der Waals surface area (Å²) in [6.45, 7) is 4.36. The van der Waals surface area contributed by atoms with Crippen molar-refractivity contribution in [1.29, 1.82) is 0 Å². The number of carbonyl (C=O) groups is 1. The fourth-order valence-electron chi connectivity index (χ4n) is 2.81. The molecule has 1 aromatic carbocycles. The van der Waals surface area contributed by atoms with Crippen LogP contribution in [0.15, 0.2) is 30.3 Å². The van der Waals surface area contributed by atoms with Gasteiger partial charge in [0.2, 0.25) is 0 Å². The van der Waals surface area contributed by atoms with Crippen LogP contribution in [0, 0.1) is 0 Å². The number of nitrogens with zero attached hydrogens (tertiary/aromatic N) is 1. The molecule has 0 aliphatic carbocycles. The average molecular weight is 277 g/mol. The van der Waals surface area contributed by atoms with Crippen LogP contribution in [0.2, 0.25) is 0 Å². The molecule has 110 valence electrons. The summed E-state index contributed by atoms with van der Waals surface area (Å²) in [5, 5.41) is 0. The van der Waals surface area contributed by atoms with E-state index >= 15 is 0 Å². The zero-order chi connectivity index (χ0) is 14.4. The van der Waals surface area contributed by atoms with Crippen molar-refractivity contribution in [2.45, 2.75) is 31.9 Å². The summed E-state index contributed by atoms with van der Waals surface area (Å²) in [6.07, 6.45) is 2.28. The van der Waals surface area contributed by atoms with Crippen molar-refractivity contribution in [3.05, 3.63) is 35.9 Å². The number of nitrogens with two attached hydrogens (primary N) is 1. The minimum atomic E-state index is -0.343. The highest BCUT2D eigenvalue weighted by Crippen LogP contribution is 2.25. The van der Waals surface area contributed by atoms with Gasteiger partial charge in [0.25, 0.3) is 5.91 Å². The highest BCUT2D eigenvalue weighted by molar-refractivity contribution is 5.82. The zero-order valence-corrected chi connectivity index (χ0v) is 11.9. The molecule has 1 aliphatic heterocycles. The molecule has 5 nitrogen and oxygen atoms in total. The first-order chi connectivity index (χ1) is 9.76. The predicted molar refractivity (Wildman–Crippen MR) is 77.7 cm³/mol. The van der Waals surface area contributed by atoms with E-state index in [1.54, 1.807) is 0 Å². The van der Waals surface area contributed by atoms with E-state index in [4.69, 9.17) is 10.6 Å². The third-order valence-electron chi connectivity index (χ3n) is 3.68. The Hall–Kier alpha value is -1.43. The lowest BCUT2D eigenvalue weighted by molar-refractivity contribution is -0.128. The van der Waals surface area contributed by atoms with Gasteiger partial charge in [0.15, 0.2) is 0 Å². The molecule has 0 spiro atoms. The smallest absolute Gasteiger partial charge is 0.255 e. The fraction of sp³-hybridized carbons (Fsp3) is 0.533. The Balaban J connectivity index is 2.16. The molecule has 5 heteroatoms. The molecule has 1 saturated heterocycles. The Bertz CT molecular complexity index is 422. The van der Waals surface area contributed by atoms with E-state index in [1.165, 1.54) is 0 Å². The standard InChI is InChI=1S/C15H23N3O2/c1-2-20-13-9-6-10-18(11-13)14(15(19)17-16)12-7-4-3-5-8-12/h3-5,7-8,13-14H,2,6,9-11,16H2,1H3,(H,17,19). The lowest BCUT2D eigenvalue weighted by atomic mass is 10.00. The minimum Gasteiger partial charge on any atom is -0.377 e. The number of rotatable bonds is 5. The molecular formula is C15H23N3O2. The number of piperidine rings is 1. The summed E-state index contributed by atoms with van der Waals surface area (Å²) in [7, 11) is 0. The van der Waals surface area contributed by atoms with Crippen molar-refractivity contribution in [2.75, 3.05) is 19.7 Å². The molecule has 0 bridgehead atoms. The second-order valence-electron chi connectivity index (χ2n) is 5.04. The first-order valence-corrected chi connectivity index (χ1v) is 7.17. The molecule has 0 aromatic heterocycles. The minimum absolute atomic E-state index is 0.173. The lowest BCUT2D eigenvalue weighted by Crippen LogP contribution is -2.48. The molecule has 1 aliphatic rings. The first kappa shape index (κ1) is 15.0. The average Bonchev–Trinajstić information content (AvgIpc) is 2.49. The Labute approximate surface area is 120 Å². The van der Waals surface area contributed by atoms with Gasteiger partial charge in [0.1, 0.15) is 6.04 Å². The van der Waals surface area contributed by atoms with Crippen LogP contribution in [0.4, 0.5) is 0 Å². The summed E-state index contributed by atoms with van der Waals surface area (Å²) in [4.78, 5) is 14.3. The van der Waals surface area contributed by atoms with Gasteiger partial charge in [0.05, 0.1) is 6.10 Å². The summed E-state index contributed by atoms with van der Waals surface area (Å²) in [5.74, 6) is 5.18. The zero-order valence-electron chi connectivity index (χ0n) is 11.9. The Morgan fingerprint density at radius 2 is 2.25 bits per heavy atom. The molecule has 3 N–H and O–H groups in total. The predicted octanol–water partition coefficient (Wildman–Crippen LogP) is 1.22. The molecule has 2 unspecified atom stereocenters. The third-order valence-corrected chi connectivity index (χ3v) is 3.68. The van der Waals surface area contributed by atoms with Crippen LogP contribution in [0.25, 0.3) is 0 Å². The Kier molecular flexibility index (Phi) is 5.52. The van der Waals surface area contributed by atoms with Crippen molar-refractivity contribution in [3.63, 3.8) is 0 Å². The van der Waals surface area contributed by atoms with Crippen LogP contribution >= 0.6 is 0 Å². The monoisotopic (exact) mass is 277 g/mol. The summed E-state index contributed by atoms with van der Waals surface area (Å²) >= 11 is 0. The van der Waals surface area contributed by atoms with E-state index in [2.05, 4.69) is 10.3 Å². The highest BCUT2D eigenvalue weighted by Gasteiger charge is 2.31. The third kappa shape index (κ3) is 3.56. The van der Waals surface area contributed by atoms with Crippen molar-refractivity contribution in [1.82, 2.24) is 10.3 Å². The summed E-state index contributed by atoms with van der Waals surface area (Å²) < 4.78 is 5.71.